The van der Waals surface area contributed by atoms with E-state index in [0.29, 0.717) is 17.8 Å². The zero-order chi connectivity index (χ0) is 23.4. The number of anilines is 3. The Kier molecular flexibility index (Phi) is 6.60. The van der Waals surface area contributed by atoms with Gasteiger partial charge in [-0.15, -0.1) is 0 Å². The van der Waals surface area contributed by atoms with Crippen molar-refractivity contribution < 1.29 is 35.5 Å². The number of nitrogens with zero attached hydrogens (tertiary/aromatic N) is 4. The van der Waals surface area contributed by atoms with Crippen LogP contribution in [-0.2, 0) is 12.7 Å². The molecule has 0 aliphatic rings. The van der Waals surface area contributed by atoms with Gasteiger partial charge < -0.3 is 15.4 Å². The van der Waals surface area contributed by atoms with Crippen LogP contribution in [0.4, 0.5) is 48.3 Å². The van der Waals surface area contributed by atoms with Crippen molar-refractivity contribution in [2.75, 3.05) is 17.2 Å². The van der Waals surface area contributed by atoms with Crippen LogP contribution in [0.15, 0.2) is 42.6 Å². The van der Waals surface area contributed by atoms with Gasteiger partial charge in [0.1, 0.15) is 5.82 Å². The molecule has 0 fully saturated rings. The summed E-state index contributed by atoms with van der Waals surface area (Å²) in [7, 11) is 0. The molecule has 0 atom stereocenters. The summed E-state index contributed by atoms with van der Waals surface area (Å²) < 4.78 is 94.2. The molecule has 0 saturated heterocycles. The molecule has 0 aliphatic carbocycles. The van der Waals surface area contributed by atoms with Crippen molar-refractivity contribution in [1.29, 1.82) is 0 Å². The van der Waals surface area contributed by atoms with Gasteiger partial charge in [0, 0.05) is 11.9 Å². The van der Waals surface area contributed by atoms with E-state index in [-0.39, 0.29) is 18.2 Å². The number of ether oxygens (including phenoxy) is 1. The Hall–Kier alpha value is -3.71. The molecule has 170 valence electrons. The molecule has 3 rings (SSSR count). The number of alkyl halides is 6. The first-order valence-electron chi connectivity index (χ1n) is 8.73. The minimum atomic E-state index is -4.96. The van der Waals surface area contributed by atoms with Gasteiger partial charge in [-0.2, -0.15) is 41.3 Å². The average Bonchev–Trinajstić information content (AvgIpc) is 2.71. The summed E-state index contributed by atoms with van der Waals surface area (Å²) in [5, 5.41) is 5.08. The van der Waals surface area contributed by atoms with E-state index in [1.807, 2.05) is 0 Å². The molecule has 2 heterocycles. The molecule has 7 nitrogen and oxygen atoms in total. The molecule has 32 heavy (non-hydrogen) atoms. The molecule has 0 amide bonds. The predicted octanol–water partition coefficient (Wildman–Crippen LogP) is 4.72. The molecule has 2 N–H and O–H groups in total. The Morgan fingerprint density at radius 2 is 1.66 bits per heavy atom. The van der Waals surface area contributed by atoms with E-state index in [0.717, 1.165) is 6.07 Å². The lowest BCUT2D eigenvalue weighted by Crippen LogP contribution is -2.21. The summed E-state index contributed by atoms with van der Waals surface area (Å²) in [5.41, 5.74) is -1.26. The molecule has 0 spiro atoms. The number of rotatable bonds is 7. The highest BCUT2D eigenvalue weighted by molar-refractivity contribution is 5.56. The van der Waals surface area contributed by atoms with Gasteiger partial charge in [-0.1, -0.05) is 6.07 Å². The zero-order valence-electron chi connectivity index (χ0n) is 15.8. The standard InChI is InChI=1S/C18H13F7N6O/c19-13-5-4-10(7-12(13)18(23,24)25)28-15-29-14(27-8-11-3-1-2-6-26-11)30-16(31-15)32-9-17(20,21)22/h1-7H,8-9H2,(H2,27,28,29,30,31). The molecule has 14 heteroatoms. The highest BCUT2D eigenvalue weighted by Gasteiger charge is 2.34. The minimum absolute atomic E-state index is 0.0811. The zero-order valence-corrected chi connectivity index (χ0v) is 15.8. The van der Waals surface area contributed by atoms with Gasteiger partial charge in [0.05, 0.1) is 17.8 Å². The number of hydrogen-bond acceptors (Lipinski definition) is 7. The van der Waals surface area contributed by atoms with Crippen LogP contribution in [0.2, 0.25) is 0 Å². The van der Waals surface area contributed by atoms with E-state index < -0.39 is 42.3 Å². The van der Waals surface area contributed by atoms with Crippen LogP contribution in [-0.4, -0.2) is 32.7 Å². The summed E-state index contributed by atoms with van der Waals surface area (Å²) in [6.07, 6.45) is -8.13. The number of aromatic nitrogens is 4. The third-order valence-electron chi connectivity index (χ3n) is 3.66. The molecular weight excluding hydrogens is 449 g/mol. The Balaban J connectivity index is 1.86. The van der Waals surface area contributed by atoms with Crippen LogP contribution in [0.5, 0.6) is 6.01 Å². The third kappa shape index (κ3) is 6.65. The summed E-state index contributed by atoms with van der Waals surface area (Å²) >= 11 is 0. The fourth-order valence-corrected chi connectivity index (χ4v) is 2.32. The van der Waals surface area contributed by atoms with E-state index >= 15 is 0 Å². The second-order valence-electron chi connectivity index (χ2n) is 6.16. The number of benzene rings is 1. The molecule has 3 aromatic rings. The highest BCUT2D eigenvalue weighted by Crippen LogP contribution is 2.33. The molecule has 0 unspecified atom stereocenters. The van der Waals surface area contributed by atoms with Crippen LogP contribution in [0.3, 0.4) is 0 Å². The predicted molar refractivity (Wildman–Crippen MR) is 97.6 cm³/mol. The summed E-state index contributed by atoms with van der Waals surface area (Å²) in [6.45, 7) is -1.62. The maximum Gasteiger partial charge on any atom is 0.422 e. The van der Waals surface area contributed by atoms with E-state index in [9.17, 15) is 30.7 Å². The number of halogens is 7. The lowest BCUT2D eigenvalue weighted by Gasteiger charge is -2.13. The summed E-state index contributed by atoms with van der Waals surface area (Å²) in [6, 6.07) is 6.33. The second kappa shape index (κ2) is 9.20. The first-order valence-corrected chi connectivity index (χ1v) is 8.73. The third-order valence-corrected chi connectivity index (χ3v) is 3.66. The van der Waals surface area contributed by atoms with Gasteiger partial charge in [0.2, 0.25) is 11.9 Å². The van der Waals surface area contributed by atoms with Crippen LogP contribution in [0.1, 0.15) is 11.3 Å². The van der Waals surface area contributed by atoms with Gasteiger partial charge in [-0.05, 0) is 30.3 Å². The molecule has 0 aliphatic heterocycles. The number of nitrogens with one attached hydrogen (secondary N) is 2. The maximum absolute atomic E-state index is 13.5. The Labute approximate surface area is 175 Å². The first kappa shape index (κ1) is 23.0. The molecule has 2 aromatic heterocycles. The monoisotopic (exact) mass is 462 g/mol. The Morgan fingerprint density at radius 1 is 0.906 bits per heavy atom. The van der Waals surface area contributed by atoms with Crippen molar-refractivity contribution in [3.63, 3.8) is 0 Å². The van der Waals surface area contributed by atoms with Crippen molar-refractivity contribution in [1.82, 2.24) is 19.9 Å². The smallest absolute Gasteiger partial charge is 0.422 e. The lowest BCUT2D eigenvalue weighted by atomic mass is 10.2. The van der Waals surface area contributed by atoms with Crippen LogP contribution < -0.4 is 15.4 Å². The summed E-state index contributed by atoms with van der Waals surface area (Å²) in [4.78, 5) is 15.3. The van der Waals surface area contributed by atoms with Crippen molar-refractivity contribution in [3.8, 4) is 6.01 Å². The van der Waals surface area contributed by atoms with Gasteiger partial charge in [-0.25, -0.2) is 4.39 Å². The normalized spacial score (nSPS) is 11.8. The van der Waals surface area contributed by atoms with Crippen molar-refractivity contribution >= 4 is 17.6 Å². The van der Waals surface area contributed by atoms with Gasteiger partial charge >= 0.3 is 18.4 Å². The fraction of sp³-hybridized carbons (Fsp3) is 0.222. The molecule has 0 radical (unpaired) electrons. The van der Waals surface area contributed by atoms with Crippen molar-refractivity contribution in [3.05, 3.63) is 59.7 Å². The van der Waals surface area contributed by atoms with Crippen LogP contribution in [0, 0.1) is 5.82 Å². The van der Waals surface area contributed by atoms with Crippen molar-refractivity contribution in [2.45, 2.75) is 18.9 Å². The molecule has 0 bridgehead atoms. The SMILES string of the molecule is Fc1ccc(Nc2nc(NCc3ccccn3)nc(OCC(F)(F)F)n2)cc1C(F)(F)F. The van der Waals surface area contributed by atoms with E-state index in [4.69, 9.17) is 0 Å². The maximum atomic E-state index is 13.5. The van der Waals surface area contributed by atoms with Crippen LogP contribution >= 0.6 is 0 Å². The van der Waals surface area contributed by atoms with E-state index in [2.05, 4.69) is 35.3 Å². The largest absolute Gasteiger partial charge is 0.454 e. The van der Waals surface area contributed by atoms with E-state index in [1.54, 1.807) is 18.2 Å². The quantitative estimate of drug-likeness (QED) is 0.492. The molecule has 1 aromatic carbocycles. The number of pyridine rings is 1. The fourth-order valence-electron chi connectivity index (χ4n) is 2.32. The van der Waals surface area contributed by atoms with Gasteiger partial charge in [0.15, 0.2) is 6.61 Å². The Bertz CT molecular complexity index is 1060. The topological polar surface area (TPSA) is 84.9 Å². The molecular formula is C18H13F7N6O. The average molecular weight is 462 g/mol. The van der Waals surface area contributed by atoms with Gasteiger partial charge in [-0.3, -0.25) is 4.98 Å². The Morgan fingerprint density at radius 3 is 2.31 bits per heavy atom. The van der Waals surface area contributed by atoms with Gasteiger partial charge in [0.25, 0.3) is 0 Å². The highest BCUT2D eigenvalue weighted by atomic mass is 19.4. The van der Waals surface area contributed by atoms with Crippen LogP contribution in [0.25, 0.3) is 0 Å². The lowest BCUT2D eigenvalue weighted by molar-refractivity contribution is -0.154. The number of hydrogen-bond donors (Lipinski definition) is 2. The van der Waals surface area contributed by atoms with Crippen molar-refractivity contribution in [2.24, 2.45) is 0 Å². The molecule has 0 saturated carbocycles. The van der Waals surface area contributed by atoms with E-state index in [1.165, 1.54) is 6.20 Å². The second-order valence-corrected chi connectivity index (χ2v) is 6.16. The summed E-state index contributed by atoms with van der Waals surface area (Å²) in [5.74, 6) is -2.16. The first-order chi connectivity index (χ1) is 15.0. The minimum Gasteiger partial charge on any atom is -0.454 e.